The summed E-state index contributed by atoms with van der Waals surface area (Å²) in [5.74, 6) is -0.00493. The molecule has 0 aliphatic heterocycles. The lowest BCUT2D eigenvalue weighted by atomic mass is 10.3. The van der Waals surface area contributed by atoms with Crippen LogP contribution < -0.4 is 14.8 Å². The fourth-order valence-corrected chi connectivity index (χ4v) is 2.85. The molecule has 2 heterocycles. The number of carbonyl (C=O) groups excluding carboxylic acids is 1. The Balaban J connectivity index is 1.88. The zero-order valence-electron chi connectivity index (χ0n) is 12.4. The molecule has 118 valence electrons. The minimum Gasteiger partial charge on any atom is -0.503 e. The van der Waals surface area contributed by atoms with E-state index in [1.165, 1.54) is 30.7 Å². The fourth-order valence-electron chi connectivity index (χ4n) is 2.01. The van der Waals surface area contributed by atoms with E-state index in [1.54, 1.807) is 13.2 Å². The Morgan fingerprint density at radius 3 is 2.83 bits per heavy atom. The standard InChI is InChI=1S/C15H13N3O4S/c1-21-8-3-4-11-9(7-8)17-15(23-11)18-14(20)12-13(19)10(22-2)5-6-16-12/h3-7,19H,1-2H3,(H,17,18,20). The van der Waals surface area contributed by atoms with Crippen molar-refractivity contribution in [3.05, 3.63) is 36.2 Å². The first-order chi connectivity index (χ1) is 11.1. The van der Waals surface area contributed by atoms with Gasteiger partial charge in [-0.2, -0.15) is 0 Å². The van der Waals surface area contributed by atoms with Crippen LogP contribution in [0.1, 0.15) is 10.5 Å². The highest BCUT2D eigenvalue weighted by Crippen LogP contribution is 2.31. The smallest absolute Gasteiger partial charge is 0.280 e. The van der Waals surface area contributed by atoms with Gasteiger partial charge in [-0.1, -0.05) is 11.3 Å². The van der Waals surface area contributed by atoms with E-state index >= 15 is 0 Å². The second-order valence-corrected chi connectivity index (χ2v) is 5.55. The molecule has 0 spiro atoms. The molecule has 0 saturated carbocycles. The highest BCUT2D eigenvalue weighted by molar-refractivity contribution is 7.22. The molecule has 0 fully saturated rings. The summed E-state index contributed by atoms with van der Waals surface area (Å²) >= 11 is 1.32. The third kappa shape index (κ3) is 2.88. The van der Waals surface area contributed by atoms with Gasteiger partial charge in [0.15, 0.2) is 22.3 Å². The van der Waals surface area contributed by atoms with E-state index in [9.17, 15) is 9.90 Å². The molecule has 1 aromatic carbocycles. The maximum atomic E-state index is 12.3. The molecule has 3 aromatic rings. The number of anilines is 1. The Labute approximate surface area is 135 Å². The Morgan fingerprint density at radius 1 is 1.26 bits per heavy atom. The number of benzene rings is 1. The van der Waals surface area contributed by atoms with Crippen molar-refractivity contribution < 1.29 is 19.4 Å². The van der Waals surface area contributed by atoms with Gasteiger partial charge in [0.05, 0.1) is 24.4 Å². The van der Waals surface area contributed by atoms with Crippen molar-refractivity contribution in [1.82, 2.24) is 9.97 Å². The highest BCUT2D eigenvalue weighted by atomic mass is 32.1. The number of aromatic nitrogens is 2. The van der Waals surface area contributed by atoms with Crippen molar-refractivity contribution in [2.45, 2.75) is 0 Å². The second-order valence-electron chi connectivity index (χ2n) is 4.52. The monoisotopic (exact) mass is 331 g/mol. The van der Waals surface area contributed by atoms with Crippen molar-refractivity contribution in [3.8, 4) is 17.2 Å². The van der Waals surface area contributed by atoms with Gasteiger partial charge in [0.25, 0.3) is 5.91 Å². The van der Waals surface area contributed by atoms with Gasteiger partial charge in [-0.05, 0) is 12.1 Å². The Morgan fingerprint density at radius 2 is 2.09 bits per heavy atom. The molecule has 2 aromatic heterocycles. The van der Waals surface area contributed by atoms with Crippen LogP contribution in [0.2, 0.25) is 0 Å². The summed E-state index contributed by atoms with van der Waals surface area (Å²) in [5, 5.41) is 13.0. The van der Waals surface area contributed by atoms with E-state index in [1.807, 2.05) is 12.1 Å². The maximum absolute atomic E-state index is 12.3. The molecule has 0 bridgehead atoms. The predicted octanol–water partition coefficient (Wildman–Crippen LogP) is 2.67. The topological polar surface area (TPSA) is 93.6 Å². The fraction of sp³-hybridized carbons (Fsp3) is 0.133. The van der Waals surface area contributed by atoms with E-state index in [4.69, 9.17) is 9.47 Å². The summed E-state index contributed by atoms with van der Waals surface area (Å²) in [6.07, 6.45) is 1.39. The quantitative estimate of drug-likeness (QED) is 0.763. The van der Waals surface area contributed by atoms with Gasteiger partial charge < -0.3 is 14.6 Å². The zero-order chi connectivity index (χ0) is 16.4. The molecule has 23 heavy (non-hydrogen) atoms. The van der Waals surface area contributed by atoms with Crippen LogP contribution in [0.25, 0.3) is 10.2 Å². The number of fused-ring (bicyclic) bond motifs is 1. The third-order valence-corrected chi connectivity index (χ3v) is 4.09. The third-order valence-electron chi connectivity index (χ3n) is 3.14. The average molecular weight is 331 g/mol. The van der Waals surface area contributed by atoms with Gasteiger partial charge in [0.2, 0.25) is 0 Å². The van der Waals surface area contributed by atoms with Gasteiger partial charge in [0, 0.05) is 18.3 Å². The number of ether oxygens (including phenoxy) is 2. The van der Waals surface area contributed by atoms with Crippen molar-refractivity contribution in [3.63, 3.8) is 0 Å². The van der Waals surface area contributed by atoms with Gasteiger partial charge in [-0.15, -0.1) is 0 Å². The van der Waals surface area contributed by atoms with E-state index in [-0.39, 0.29) is 17.2 Å². The number of carbonyl (C=O) groups is 1. The lowest BCUT2D eigenvalue weighted by molar-refractivity contribution is 0.101. The lowest BCUT2D eigenvalue weighted by Crippen LogP contribution is -2.13. The average Bonchev–Trinajstić information content (AvgIpc) is 2.95. The molecule has 0 aliphatic rings. The van der Waals surface area contributed by atoms with Gasteiger partial charge in [0.1, 0.15) is 5.75 Å². The Kier molecular flexibility index (Phi) is 3.98. The van der Waals surface area contributed by atoms with Crippen molar-refractivity contribution in [2.75, 3.05) is 19.5 Å². The van der Waals surface area contributed by atoms with Gasteiger partial charge in [-0.25, -0.2) is 9.97 Å². The van der Waals surface area contributed by atoms with Crippen LogP contribution >= 0.6 is 11.3 Å². The van der Waals surface area contributed by atoms with Crippen LogP contribution in [0.5, 0.6) is 17.2 Å². The van der Waals surface area contributed by atoms with Crippen LogP contribution in [0.3, 0.4) is 0 Å². The molecule has 0 saturated heterocycles. The normalized spacial score (nSPS) is 10.5. The van der Waals surface area contributed by atoms with Crippen LogP contribution in [0.15, 0.2) is 30.5 Å². The number of methoxy groups -OCH3 is 2. The first kappa shape index (κ1) is 15.0. The molecule has 2 N–H and O–H groups in total. The number of hydrogen-bond donors (Lipinski definition) is 2. The van der Waals surface area contributed by atoms with E-state index in [0.29, 0.717) is 16.4 Å². The molecule has 0 unspecified atom stereocenters. The number of amides is 1. The molecule has 8 heteroatoms. The molecule has 3 rings (SSSR count). The highest BCUT2D eigenvalue weighted by Gasteiger charge is 2.18. The van der Waals surface area contributed by atoms with E-state index in [0.717, 1.165) is 4.70 Å². The van der Waals surface area contributed by atoms with Crippen LogP contribution in [-0.2, 0) is 0 Å². The molecule has 0 aliphatic carbocycles. The number of pyridine rings is 1. The van der Waals surface area contributed by atoms with Crippen LogP contribution in [-0.4, -0.2) is 35.2 Å². The van der Waals surface area contributed by atoms with Crippen molar-refractivity contribution in [2.24, 2.45) is 0 Å². The van der Waals surface area contributed by atoms with Gasteiger partial charge in [-0.3, -0.25) is 10.1 Å². The first-order valence-electron chi connectivity index (χ1n) is 6.60. The summed E-state index contributed by atoms with van der Waals surface area (Å²) in [5.41, 5.74) is 0.591. The number of hydrogen-bond acceptors (Lipinski definition) is 7. The number of nitrogens with one attached hydrogen (secondary N) is 1. The first-order valence-corrected chi connectivity index (χ1v) is 7.42. The van der Waals surface area contributed by atoms with Crippen molar-refractivity contribution in [1.29, 1.82) is 0 Å². The number of nitrogens with zero attached hydrogens (tertiary/aromatic N) is 2. The Bertz CT molecular complexity index is 878. The van der Waals surface area contributed by atoms with Crippen molar-refractivity contribution >= 4 is 32.6 Å². The molecule has 7 nitrogen and oxygen atoms in total. The van der Waals surface area contributed by atoms with Crippen LogP contribution in [0, 0.1) is 0 Å². The summed E-state index contributed by atoms with van der Waals surface area (Å²) in [6, 6.07) is 6.93. The summed E-state index contributed by atoms with van der Waals surface area (Å²) < 4.78 is 11.0. The van der Waals surface area contributed by atoms with Gasteiger partial charge >= 0.3 is 0 Å². The second kappa shape index (κ2) is 6.09. The number of aromatic hydroxyl groups is 1. The number of rotatable bonds is 4. The molecular weight excluding hydrogens is 318 g/mol. The summed E-state index contributed by atoms with van der Waals surface area (Å²) in [6.45, 7) is 0. The molecule has 0 radical (unpaired) electrons. The predicted molar refractivity (Wildman–Crippen MR) is 86.6 cm³/mol. The zero-order valence-corrected chi connectivity index (χ0v) is 13.2. The molecular formula is C15H13N3O4S. The SMILES string of the molecule is COc1ccc2sc(NC(=O)c3nccc(OC)c3O)nc2c1. The summed E-state index contributed by atoms with van der Waals surface area (Å²) in [4.78, 5) is 20.5. The van der Waals surface area contributed by atoms with E-state index < -0.39 is 5.91 Å². The van der Waals surface area contributed by atoms with E-state index in [2.05, 4.69) is 15.3 Å². The largest absolute Gasteiger partial charge is 0.503 e. The van der Waals surface area contributed by atoms with Crippen LogP contribution in [0.4, 0.5) is 5.13 Å². The summed E-state index contributed by atoms with van der Waals surface area (Å²) in [7, 11) is 2.98. The Hall–Kier alpha value is -2.87. The molecule has 0 atom stereocenters. The molecule has 1 amide bonds. The maximum Gasteiger partial charge on any atom is 0.280 e. The minimum atomic E-state index is -0.563. The lowest BCUT2D eigenvalue weighted by Gasteiger charge is -2.06. The minimum absolute atomic E-state index is 0.124. The number of thiazole rings is 1.